The van der Waals surface area contributed by atoms with Crippen LogP contribution in [0.3, 0.4) is 0 Å². The molecule has 166 valence electrons. The molecule has 0 aliphatic carbocycles. The fourth-order valence-corrected chi connectivity index (χ4v) is 3.28. The summed E-state index contributed by atoms with van der Waals surface area (Å²) in [7, 11) is 3.18. The Morgan fingerprint density at radius 2 is 1.70 bits per heavy atom. The topological polar surface area (TPSA) is 82.6 Å². The van der Waals surface area contributed by atoms with Gasteiger partial charge in [0.1, 0.15) is 23.6 Å². The number of methoxy groups -OCH3 is 2. The minimum Gasteiger partial charge on any atom is -0.497 e. The lowest BCUT2D eigenvalue weighted by atomic mass is 10.1. The van der Waals surface area contributed by atoms with E-state index in [0.29, 0.717) is 28.7 Å². The third-order valence-corrected chi connectivity index (χ3v) is 4.96. The van der Waals surface area contributed by atoms with Crippen LogP contribution in [-0.4, -0.2) is 30.1 Å². The first-order valence-corrected chi connectivity index (χ1v) is 10.3. The van der Waals surface area contributed by atoms with Crippen LogP contribution in [0.1, 0.15) is 15.9 Å². The van der Waals surface area contributed by atoms with Crippen molar-refractivity contribution in [3.63, 3.8) is 0 Å². The average molecular weight is 441 g/mol. The number of hydrogen-bond donors (Lipinski definition) is 1. The molecule has 0 radical (unpaired) electrons. The predicted octanol–water partition coefficient (Wildman–Crippen LogP) is 4.88. The summed E-state index contributed by atoms with van der Waals surface area (Å²) < 4.78 is 16.5. The van der Waals surface area contributed by atoms with E-state index in [1.165, 1.54) is 6.33 Å². The van der Waals surface area contributed by atoms with Gasteiger partial charge in [0.15, 0.2) is 0 Å². The molecule has 3 aromatic carbocycles. The van der Waals surface area contributed by atoms with E-state index in [9.17, 15) is 4.79 Å². The summed E-state index contributed by atoms with van der Waals surface area (Å²) in [5.74, 6) is 2.01. The number of benzene rings is 3. The van der Waals surface area contributed by atoms with Gasteiger partial charge in [-0.1, -0.05) is 36.4 Å². The van der Waals surface area contributed by atoms with E-state index < -0.39 is 0 Å². The summed E-state index contributed by atoms with van der Waals surface area (Å²) in [4.78, 5) is 21.2. The molecule has 0 aliphatic rings. The van der Waals surface area contributed by atoms with Crippen LogP contribution >= 0.6 is 0 Å². The smallest absolute Gasteiger partial charge is 0.251 e. The Labute approximate surface area is 192 Å². The average Bonchev–Trinajstić information content (AvgIpc) is 2.88. The lowest BCUT2D eigenvalue weighted by Crippen LogP contribution is -2.23. The molecule has 1 amide bonds. The normalized spacial score (nSPS) is 10.4. The number of carbonyl (C=O) groups is 1. The third kappa shape index (κ3) is 5.46. The van der Waals surface area contributed by atoms with Crippen molar-refractivity contribution in [2.75, 3.05) is 14.2 Å². The molecule has 1 N–H and O–H groups in total. The summed E-state index contributed by atoms with van der Waals surface area (Å²) in [5, 5.41) is 2.91. The van der Waals surface area contributed by atoms with Crippen LogP contribution in [0.15, 0.2) is 85.2 Å². The first-order chi connectivity index (χ1) is 16.2. The number of aromatic nitrogens is 2. The van der Waals surface area contributed by atoms with E-state index in [1.807, 2.05) is 36.4 Å². The van der Waals surface area contributed by atoms with Gasteiger partial charge in [0.25, 0.3) is 5.91 Å². The highest BCUT2D eigenvalue weighted by atomic mass is 16.5. The zero-order valence-corrected chi connectivity index (χ0v) is 18.3. The number of carbonyl (C=O) groups excluding carboxylic acids is 1. The van der Waals surface area contributed by atoms with Crippen molar-refractivity contribution in [3.05, 3.63) is 96.3 Å². The molecule has 33 heavy (non-hydrogen) atoms. The van der Waals surface area contributed by atoms with Crippen molar-refractivity contribution >= 4 is 5.91 Å². The highest BCUT2D eigenvalue weighted by Gasteiger charge is 2.11. The Bertz CT molecular complexity index is 1250. The summed E-state index contributed by atoms with van der Waals surface area (Å²) >= 11 is 0. The minimum absolute atomic E-state index is 0.238. The maximum Gasteiger partial charge on any atom is 0.251 e. The molecule has 0 spiro atoms. The molecule has 7 nitrogen and oxygen atoms in total. The molecule has 4 aromatic rings. The molecule has 4 rings (SSSR count). The van der Waals surface area contributed by atoms with Gasteiger partial charge in [0, 0.05) is 29.3 Å². The fraction of sp³-hybridized carbons (Fsp3) is 0.115. The third-order valence-electron chi connectivity index (χ3n) is 4.96. The summed E-state index contributed by atoms with van der Waals surface area (Å²) in [6.45, 7) is 0.288. The molecular formula is C26H23N3O4. The number of nitrogens with zero attached hydrogens (tertiary/aromatic N) is 2. The van der Waals surface area contributed by atoms with E-state index in [-0.39, 0.29) is 12.5 Å². The molecule has 7 heteroatoms. The Morgan fingerprint density at radius 1 is 0.848 bits per heavy atom. The molecule has 0 saturated heterocycles. The zero-order valence-electron chi connectivity index (χ0n) is 18.3. The largest absolute Gasteiger partial charge is 0.497 e. The Hall–Kier alpha value is -4.39. The van der Waals surface area contributed by atoms with Crippen molar-refractivity contribution in [1.29, 1.82) is 0 Å². The molecule has 1 aromatic heterocycles. The Balaban J connectivity index is 1.46. The molecule has 0 unspecified atom stereocenters. The number of rotatable bonds is 8. The first kappa shape index (κ1) is 21.8. The van der Waals surface area contributed by atoms with E-state index in [2.05, 4.69) is 15.3 Å². The number of nitrogens with one attached hydrogen (secondary N) is 1. The molecule has 0 bridgehead atoms. The number of ether oxygens (including phenoxy) is 3. The van der Waals surface area contributed by atoms with Crippen LogP contribution < -0.4 is 19.5 Å². The number of amides is 1. The van der Waals surface area contributed by atoms with E-state index in [4.69, 9.17) is 14.2 Å². The van der Waals surface area contributed by atoms with E-state index >= 15 is 0 Å². The van der Waals surface area contributed by atoms with Gasteiger partial charge in [-0.05, 0) is 36.4 Å². The van der Waals surface area contributed by atoms with Crippen molar-refractivity contribution in [1.82, 2.24) is 15.3 Å². The van der Waals surface area contributed by atoms with Gasteiger partial charge < -0.3 is 19.5 Å². The molecule has 0 fully saturated rings. The standard InChI is InChI=1S/C26H23N3O4/c1-31-21-11-12-24(32-2)20(14-21)16-27-26(30)19-9-6-10-22(13-19)33-25-15-23(28-17-29-25)18-7-4-3-5-8-18/h3-15,17H,16H2,1-2H3,(H,27,30). The van der Waals surface area contributed by atoms with Crippen LogP contribution in [0.25, 0.3) is 11.3 Å². The van der Waals surface area contributed by atoms with Gasteiger partial charge in [-0.15, -0.1) is 0 Å². The first-order valence-electron chi connectivity index (χ1n) is 10.3. The van der Waals surface area contributed by atoms with Gasteiger partial charge in [-0.25, -0.2) is 9.97 Å². The van der Waals surface area contributed by atoms with E-state index in [1.54, 1.807) is 56.7 Å². The van der Waals surface area contributed by atoms with Crippen molar-refractivity contribution in [2.45, 2.75) is 6.54 Å². The predicted molar refractivity (Wildman–Crippen MR) is 125 cm³/mol. The van der Waals surface area contributed by atoms with Crippen LogP contribution in [0.5, 0.6) is 23.1 Å². The van der Waals surface area contributed by atoms with Crippen LogP contribution in [0.2, 0.25) is 0 Å². The number of hydrogen-bond acceptors (Lipinski definition) is 6. The fourth-order valence-electron chi connectivity index (χ4n) is 3.28. The van der Waals surface area contributed by atoms with Crippen LogP contribution in [0, 0.1) is 0 Å². The molecule has 0 saturated carbocycles. The minimum atomic E-state index is -0.238. The Kier molecular flexibility index (Phi) is 6.80. The van der Waals surface area contributed by atoms with E-state index in [0.717, 1.165) is 16.8 Å². The SMILES string of the molecule is COc1ccc(OC)c(CNC(=O)c2cccc(Oc3cc(-c4ccccc4)ncn3)c2)c1. The maximum absolute atomic E-state index is 12.8. The summed E-state index contributed by atoms with van der Waals surface area (Å²) in [6, 6.07) is 23.9. The molecular weight excluding hydrogens is 418 g/mol. The lowest BCUT2D eigenvalue weighted by molar-refractivity contribution is 0.0950. The lowest BCUT2D eigenvalue weighted by Gasteiger charge is -2.12. The highest BCUT2D eigenvalue weighted by molar-refractivity contribution is 5.94. The van der Waals surface area contributed by atoms with Crippen molar-refractivity contribution in [2.24, 2.45) is 0 Å². The van der Waals surface area contributed by atoms with Gasteiger partial charge in [-0.2, -0.15) is 0 Å². The van der Waals surface area contributed by atoms with Gasteiger partial charge in [0.2, 0.25) is 5.88 Å². The molecule has 0 aliphatic heterocycles. The van der Waals surface area contributed by atoms with Gasteiger partial charge in [-0.3, -0.25) is 4.79 Å². The maximum atomic E-state index is 12.8. The van der Waals surface area contributed by atoms with Crippen molar-refractivity contribution < 1.29 is 19.0 Å². The second-order valence-corrected chi connectivity index (χ2v) is 7.10. The zero-order chi connectivity index (χ0) is 23.0. The van der Waals surface area contributed by atoms with Crippen LogP contribution in [0.4, 0.5) is 0 Å². The molecule has 0 atom stereocenters. The molecule has 1 heterocycles. The Morgan fingerprint density at radius 3 is 2.48 bits per heavy atom. The summed E-state index contributed by atoms with van der Waals surface area (Å²) in [6.07, 6.45) is 1.45. The second-order valence-electron chi connectivity index (χ2n) is 7.10. The highest BCUT2D eigenvalue weighted by Crippen LogP contribution is 2.25. The van der Waals surface area contributed by atoms with Crippen molar-refractivity contribution in [3.8, 4) is 34.4 Å². The summed E-state index contributed by atoms with van der Waals surface area (Å²) in [5.41, 5.74) is 2.99. The van der Waals surface area contributed by atoms with Gasteiger partial charge >= 0.3 is 0 Å². The van der Waals surface area contributed by atoms with Gasteiger partial charge in [0.05, 0.1) is 19.9 Å². The van der Waals surface area contributed by atoms with Crippen LogP contribution in [-0.2, 0) is 6.54 Å². The quantitative estimate of drug-likeness (QED) is 0.420. The monoisotopic (exact) mass is 441 g/mol. The second kappa shape index (κ2) is 10.3.